The molecule has 2 unspecified atom stereocenters. The van der Waals surface area contributed by atoms with Gasteiger partial charge < -0.3 is 5.11 Å². The van der Waals surface area contributed by atoms with Gasteiger partial charge in [-0.15, -0.1) is 0 Å². The van der Waals surface area contributed by atoms with Crippen molar-refractivity contribution in [2.45, 2.75) is 44.6 Å². The summed E-state index contributed by atoms with van der Waals surface area (Å²) in [6, 6.07) is 10.4. The zero-order chi connectivity index (χ0) is 15.9. The van der Waals surface area contributed by atoms with Gasteiger partial charge in [-0.2, -0.15) is 0 Å². The highest BCUT2D eigenvalue weighted by Gasteiger charge is 2.65. The molecule has 2 nitrogen and oxygen atoms in total. The summed E-state index contributed by atoms with van der Waals surface area (Å²) in [5.41, 5.74) is 1.56. The molecular weight excluding hydrogens is 282 g/mol. The maximum Gasteiger partial charge on any atom is 0.0938 e. The number of aromatic nitrogens is 1. The van der Waals surface area contributed by atoms with E-state index in [0.29, 0.717) is 0 Å². The Morgan fingerprint density at radius 2 is 2.13 bits per heavy atom. The molecule has 0 saturated heterocycles. The third-order valence-electron chi connectivity index (χ3n) is 5.42. The van der Waals surface area contributed by atoms with Crippen LogP contribution >= 0.6 is 0 Å². The number of nitrogens with zero attached hydrogens (tertiary/aromatic N) is 1. The van der Waals surface area contributed by atoms with Gasteiger partial charge in [0.15, 0.2) is 0 Å². The molecule has 0 spiro atoms. The molecule has 1 saturated carbocycles. The number of aliphatic hydroxyl groups is 1. The van der Waals surface area contributed by atoms with Crippen molar-refractivity contribution in [2.24, 2.45) is 5.41 Å². The standard InChI is InChI=1S/C21H23NO.H2/c1-2-3-6-16-9-11-20(15-21(20,23)13-16)14-19-18-8-5-4-7-17(18)10-12-22-19;/h4-5,7-13,23H,2-3,6,14-15H2,1H3;1H. The van der Waals surface area contributed by atoms with E-state index in [-0.39, 0.29) is 6.84 Å². The Labute approximate surface area is 139 Å². The van der Waals surface area contributed by atoms with Crippen LogP contribution in [-0.4, -0.2) is 15.7 Å². The van der Waals surface area contributed by atoms with Gasteiger partial charge in [0.25, 0.3) is 0 Å². The molecule has 0 bridgehead atoms. The van der Waals surface area contributed by atoms with Crippen molar-refractivity contribution in [3.8, 4) is 0 Å². The molecule has 1 aromatic heterocycles. The molecule has 1 aromatic carbocycles. The zero-order valence-corrected chi connectivity index (χ0v) is 13.6. The number of pyridine rings is 1. The van der Waals surface area contributed by atoms with E-state index in [4.69, 9.17) is 0 Å². The van der Waals surface area contributed by atoms with E-state index in [1.165, 1.54) is 29.2 Å². The lowest BCUT2D eigenvalue weighted by atomic mass is 9.87. The summed E-state index contributed by atoms with van der Waals surface area (Å²) < 4.78 is 0. The van der Waals surface area contributed by atoms with Crippen molar-refractivity contribution in [2.75, 3.05) is 0 Å². The number of allylic oxidation sites excluding steroid dienone is 2. The largest absolute Gasteiger partial charge is 0.385 e. The number of hydrogen-bond acceptors (Lipinski definition) is 2. The van der Waals surface area contributed by atoms with Gasteiger partial charge in [0.2, 0.25) is 0 Å². The third-order valence-corrected chi connectivity index (χ3v) is 5.42. The molecule has 2 atom stereocenters. The van der Waals surface area contributed by atoms with Crippen LogP contribution in [0.4, 0.5) is 0 Å². The Kier molecular flexibility index (Phi) is 3.38. The molecule has 1 heterocycles. The fraction of sp³-hybridized carbons (Fsp3) is 0.381. The van der Waals surface area contributed by atoms with Gasteiger partial charge >= 0.3 is 0 Å². The molecule has 0 aliphatic heterocycles. The second kappa shape index (κ2) is 5.31. The monoisotopic (exact) mass is 307 g/mol. The molecular formula is C21H25NO. The Hall–Kier alpha value is -1.93. The van der Waals surface area contributed by atoms with Crippen molar-refractivity contribution in [3.05, 3.63) is 66.0 Å². The lowest BCUT2D eigenvalue weighted by molar-refractivity contribution is 0.159. The topological polar surface area (TPSA) is 33.1 Å². The highest BCUT2D eigenvalue weighted by molar-refractivity contribution is 5.84. The molecule has 2 aliphatic rings. The van der Waals surface area contributed by atoms with Crippen molar-refractivity contribution in [1.29, 1.82) is 0 Å². The predicted molar refractivity (Wildman–Crippen MR) is 96.3 cm³/mol. The lowest BCUT2D eigenvalue weighted by Crippen LogP contribution is -2.22. The Bertz CT molecular complexity index is 807. The molecule has 1 N–H and O–H groups in total. The van der Waals surface area contributed by atoms with Crippen molar-refractivity contribution in [3.63, 3.8) is 0 Å². The van der Waals surface area contributed by atoms with Crippen LogP contribution in [-0.2, 0) is 6.42 Å². The first-order chi connectivity index (χ1) is 11.2. The average molecular weight is 307 g/mol. The van der Waals surface area contributed by atoms with Gasteiger partial charge in [-0.3, -0.25) is 4.98 Å². The average Bonchev–Trinajstić information content (AvgIpc) is 3.17. The summed E-state index contributed by atoms with van der Waals surface area (Å²) in [6.07, 6.45) is 13.5. The molecule has 120 valence electrons. The van der Waals surface area contributed by atoms with Crippen molar-refractivity contribution < 1.29 is 6.53 Å². The van der Waals surface area contributed by atoms with E-state index in [0.717, 1.165) is 25.0 Å². The Balaban J connectivity index is 0.00000169. The van der Waals surface area contributed by atoms with E-state index in [2.05, 4.69) is 60.5 Å². The highest BCUT2D eigenvalue weighted by Crippen LogP contribution is 2.62. The maximum atomic E-state index is 10.9. The van der Waals surface area contributed by atoms with Crippen molar-refractivity contribution in [1.82, 2.24) is 4.98 Å². The van der Waals surface area contributed by atoms with Crippen LogP contribution in [0.2, 0.25) is 0 Å². The Morgan fingerprint density at radius 3 is 2.96 bits per heavy atom. The number of benzene rings is 1. The SMILES string of the molecule is CCCCC1=CC2(O)CC2(Cc2nccc3ccccc23)C=C1.[HH]. The highest BCUT2D eigenvalue weighted by atomic mass is 16.3. The second-order valence-corrected chi connectivity index (χ2v) is 7.07. The van der Waals surface area contributed by atoms with E-state index in [1.54, 1.807) is 0 Å². The molecule has 23 heavy (non-hydrogen) atoms. The zero-order valence-electron chi connectivity index (χ0n) is 13.6. The molecule has 2 aromatic rings. The van der Waals surface area contributed by atoms with Gasteiger partial charge in [0.05, 0.1) is 5.60 Å². The molecule has 4 rings (SSSR count). The third kappa shape index (κ3) is 2.42. The molecule has 1 fully saturated rings. The summed E-state index contributed by atoms with van der Waals surface area (Å²) in [5, 5.41) is 13.4. The van der Waals surface area contributed by atoms with Crippen LogP contribution in [0, 0.1) is 5.41 Å². The minimum absolute atomic E-state index is 0. The van der Waals surface area contributed by atoms with Gasteiger partial charge in [-0.25, -0.2) is 0 Å². The van der Waals surface area contributed by atoms with Crippen molar-refractivity contribution >= 4 is 10.8 Å². The summed E-state index contributed by atoms with van der Waals surface area (Å²) in [7, 11) is 0. The number of unbranched alkanes of at least 4 members (excludes halogenated alkanes) is 1. The first-order valence-electron chi connectivity index (χ1n) is 8.62. The first-order valence-corrected chi connectivity index (χ1v) is 8.62. The second-order valence-electron chi connectivity index (χ2n) is 7.07. The van der Waals surface area contributed by atoms with E-state index < -0.39 is 5.60 Å². The number of hydrogen-bond donors (Lipinski definition) is 1. The van der Waals surface area contributed by atoms with E-state index in [1.807, 2.05) is 6.20 Å². The van der Waals surface area contributed by atoms with Gasteiger partial charge in [0, 0.05) is 30.5 Å². The summed E-state index contributed by atoms with van der Waals surface area (Å²) in [4.78, 5) is 4.61. The van der Waals surface area contributed by atoms with Crippen LogP contribution in [0.15, 0.2) is 60.3 Å². The fourth-order valence-electron chi connectivity index (χ4n) is 3.89. The van der Waals surface area contributed by atoms with Gasteiger partial charge in [-0.05, 0) is 42.4 Å². The van der Waals surface area contributed by atoms with Gasteiger partial charge in [-0.1, -0.05) is 49.8 Å². The van der Waals surface area contributed by atoms with E-state index in [9.17, 15) is 5.11 Å². The summed E-state index contributed by atoms with van der Waals surface area (Å²) in [6.45, 7) is 2.20. The number of rotatable bonds is 5. The van der Waals surface area contributed by atoms with Crippen LogP contribution in [0.5, 0.6) is 0 Å². The lowest BCUT2D eigenvalue weighted by Gasteiger charge is -2.21. The first kappa shape index (κ1) is 14.6. The predicted octanol–water partition coefficient (Wildman–Crippen LogP) is 4.83. The minimum atomic E-state index is -0.663. The Morgan fingerprint density at radius 1 is 1.26 bits per heavy atom. The number of fused-ring (bicyclic) bond motifs is 2. The summed E-state index contributed by atoms with van der Waals surface area (Å²) in [5.74, 6) is 0. The van der Waals surface area contributed by atoms with Gasteiger partial charge in [0.1, 0.15) is 0 Å². The van der Waals surface area contributed by atoms with Crippen LogP contribution < -0.4 is 0 Å². The fourth-order valence-corrected chi connectivity index (χ4v) is 3.89. The van der Waals surface area contributed by atoms with Crippen LogP contribution in [0.3, 0.4) is 0 Å². The molecule has 0 amide bonds. The van der Waals surface area contributed by atoms with Crippen LogP contribution in [0.25, 0.3) is 10.8 Å². The maximum absolute atomic E-state index is 10.9. The molecule has 2 aliphatic carbocycles. The van der Waals surface area contributed by atoms with E-state index >= 15 is 0 Å². The molecule has 2 heteroatoms. The smallest absolute Gasteiger partial charge is 0.0938 e. The quantitative estimate of drug-likeness (QED) is 0.858. The normalized spacial score (nSPS) is 28.5. The molecule has 0 radical (unpaired) electrons. The minimum Gasteiger partial charge on any atom is -0.385 e. The summed E-state index contributed by atoms with van der Waals surface area (Å²) >= 11 is 0. The van der Waals surface area contributed by atoms with Crippen LogP contribution in [0.1, 0.15) is 39.7 Å².